The van der Waals surface area contributed by atoms with Crippen molar-refractivity contribution in [2.24, 2.45) is 0 Å². The van der Waals surface area contributed by atoms with Crippen LogP contribution in [0.2, 0.25) is 0 Å². The van der Waals surface area contributed by atoms with E-state index in [1.807, 2.05) is 12.3 Å². The maximum absolute atomic E-state index is 4.92. The van der Waals surface area contributed by atoms with Gasteiger partial charge in [-0.2, -0.15) is 0 Å². The second kappa shape index (κ2) is 7.07. The molecule has 0 unspecified atom stereocenters. The van der Waals surface area contributed by atoms with E-state index in [0.717, 1.165) is 5.52 Å². The number of fused-ring (bicyclic) bond motifs is 3. The Balaban J connectivity index is 1.84. The molecule has 0 saturated carbocycles. The van der Waals surface area contributed by atoms with E-state index in [4.69, 9.17) is 4.98 Å². The summed E-state index contributed by atoms with van der Waals surface area (Å²) in [6.45, 7) is 2.15. The van der Waals surface area contributed by atoms with Gasteiger partial charge in [0.05, 0.1) is 5.52 Å². The van der Waals surface area contributed by atoms with Crippen molar-refractivity contribution in [3.63, 3.8) is 0 Å². The van der Waals surface area contributed by atoms with Gasteiger partial charge in [-0.15, -0.1) is 0 Å². The molecule has 0 saturated heterocycles. The molecule has 5 aromatic carbocycles. The normalized spacial score (nSPS) is 11.4. The number of aryl methyl sites for hydroxylation is 1. The molecule has 31 heavy (non-hydrogen) atoms. The summed E-state index contributed by atoms with van der Waals surface area (Å²) in [6.07, 6.45) is 1.91. The van der Waals surface area contributed by atoms with Crippen LogP contribution < -0.4 is 0 Å². The van der Waals surface area contributed by atoms with Gasteiger partial charge in [-0.1, -0.05) is 103 Å². The second-order valence-corrected chi connectivity index (χ2v) is 8.09. The minimum Gasteiger partial charge on any atom is -0.256 e. The van der Waals surface area contributed by atoms with E-state index in [-0.39, 0.29) is 0 Å². The van der Waals surface area contributed by atoms with Gasteiger partial charge >= 0.3 is 0 Å². The highest BCUT2D eigenvalue weighted by atomic mass is 14.7. The van der Waals surface area contributed by atoms with Crippen molar-refractivity contribution in [1.29, 1.82) is 0 Å². The molecule has 0 spiro atoms. The first-order valence-corrected chi connectivity index (χ1v) is 10.7. The van der Waals surface area contributed by atoms with Crippen molar-refractivity contribution in [3.8, 4) is 22.3 Å². The molecule has 0 aliphatic carbocycles. The lowest BCUT2D eigenvalue weighted by molar-refractivity contribution is 1.42. The van der Waals surface area contributed by atoms with Crippen LogP contribution in [0.25, 0.3) is 54.7 Å². The van der Waals surface area contributed by atoms with Gasteiger partial charge in [-0.25, -0.2) is 0 Å². The number of hydrogen-bond donors (Lipinski definition) is 0. The first-order valence-electron chi connectivity index (χ1n) is 10.7. The first-order chi connectivity index (χ1) is 15.3. The maximum atomic E-state index is 4.92. The highest BCUT2D eigenvalue weighted by molar-refractivity contribution is 6.22. The van der Waals surface area contributed by atoms with E-state index in [9.17, 15) is 0 Å². The third-order valence-corrected chi connectivity index (χ3v) is 6.15. The molecule has 0 atom stereocenters. The molecule has 0 aliphatic heterocycles. The van der Waals surface area contributed by atoms with Crippen LogP contribution in [0.4, 0.5) is 0 Å². The largest absolute Gasteiger partial charge is 0.256 e. The molecule has 0 bridgehead atoms. The first kappa shape index (κ1) is 17.9. The van der Waals surface area contributed by atoms with E-state index < -0.39 is 0 Å². The lowest BCUT2D eigenvalue weighted by Gasteiger charge is -2.18. The van der Waals surface area contributed by atoms with Crippen LogP contribution in [0.3, 0.4) is 0 Å². The fourth-order valence-electron chi connectivity index (χ4n) is 4.83. The molecular weight excluding hydrogens is 374 g/mol. The van der Waals surface area contributed by atoms with Crippen LogP contribution in [0.1, 0.15) is 5.56 Å². The van der Waals surface area contributed by atoms with Crippen molar-refractivity contribution in [2.45, 2.75) is 6.92 Å². The Kier molecular flexibility index (Phi) is 4.07. The third kappa shape index (κ3) is 2.82. The zero-order valence-corrected chi connectivity index (χ0v) is 17.3. The van der Waals surface area contributed by atoms with Crippen molar-refractivity contribution in [2.75, 3.05) is 0 Å². The van der Waals surface area contributed by atoms with Gasteiger partial charge in [0.15, 0.2) is 0 Å². The Morgan fingerprint density at radius 3 is 2.06 bits per heavy atom. The average Bonchev–Trinajstić information content (AvgIpc) is 2.82. The van der Waals surface area contributed by atoms with Gasteiger partial charge in [-0.3, -0.25) is 4.98 Å². The van der Waals surface area contributed by atoms with Gasteiger partial charge in [0.2, 0.25) is 0 Å². The number of benzene rings is 5. The zero-order chi connectivity index (χ0) is 20.8. The van der Waals surface area contributed by atoms with E-state index in [2.05, 4.69) is 104 Å². The number of aromatic nitrogens is 1. The molecule has 146 valence electrons. The second-order valence-electron chi connectivity index (χ2n) is 8.09. The molecule has 0 amide bonds. The van der Waals surface area contributed by atoms with E-state index >= 15 is 0 Å². The van der Waals surface area contributed by atoms with E-state index in [1.54, 1.807) is 0 Å². The lowest BCUT2D eigenvalue weighted by Crippen LogP contribution is -1.93. The van der Waals surface area contributed by atoms with Crippen LogP contribution in [-0.2, 0) is 0 Å². The fourth-order valence-corrected chi connectivity index (χ4v) is 4.83. The summed E-state index contributed by atoms with van der Waals surface area (Å²) in [5.41, 5.74) is 7.24. The highest BCUT2D eigenvalue weighted by Gasteiger charge is 2.18. The Labute approximate surface area is 181 Å². The third-order valence-electron chi connectivity index (χ3n) is 6.15. The standard InChI is InChI=1S/C30H21N/c1-20-9-6-12-22(19-20)28-25-14-4-5-15-26(25)29(30-27(28)17-8-18-31-30)24-16-7-11-21-10-2-3-13-23(21)24/h2-19H,1H3. The molecule has 1 heteroatoms. The SMILES string of the molecule is Cc1cccc(-c2c3ccccc3c(-c3cccc4ccccc34)c3ncccc23)c1. The topological polar surface area (TPSA) is 12.9 Å². The van der Waals surface area contributed by atoms with Gasteiger partial charge in [0.25, 0.3) is 0 Å². The predicted molar refractivity (Wildman–Crippen MR) is 132 cm³/mol. The molecular formula is C30H21N. The number of nitrogens with zero attached hydrogens (tertiary/aromatic N) is 1. The molecule has 6 aromatic rings. The average molecular weight is 396 g/mol. The Morgan fingerprint density at radius 2 is 1.23 bits per heavy atom. The predicted octanol–water partition coefficient (Wildman–Crippen LogP) is 8.18. The summed E-state index contributed by atoms with van der Waals surface area (Å²) in [6, 6.07) is 36.9. The quantitative estimate of drug-likeness (QED) is 0.269. The Morgan fingerprint density at radius 1 is 0.548 bits per heavy atom. The van der Waals surface area contributed by atoms with E-state index in [0.29, 0.717) is 0 Å². The Bertz CT molecular complexity index is 1530. The van der Waals surface area contributed by atoms with Crippen LogP contribution in [0.5, 0.6) is 0 Å². The van der Waals surface area contributed by atoms with Crippen LogP contribution in [0.15, 0.2) is 109 Å². The number of pyridine rings is 1. The zero-order valence-electron chi connectivity index (χ0n) is 17.3. The van der Waals surface area contributed by atoms with Gasteiger partial charge < -0.3 is 0 Å². The lowest BCUT2D eigenvalue weighted by atomic mass is 9.86. The molecule has 6 rings (SSSR count). The fraction of sp³-hybridized carbons (Fsp3) is 0.0333. The molecule has 0 aliphatic rings. The number of hydrogen-bond acceptors (Lipinski definition) is 1. The van der Waals surface area contributed by atoms with Crippen molar-refractivity contribution in [3.05, 3.63) is 115 Å². The maximum Gasteiger partial charge on any atom is 0.0793 e. The summed E-state index contributed by atoms with van der Waals surface area (Å²) in [4.78, 5) is 4.92. The summed E-state index contributed by atoms with van der Waals surface area (Å²) < 4.78 is 0. The van der Waals surface area contributed by atoms with Crippen LogP contribution in [-0.4, -0.2) is 4.98 Å². The molecule has 0 radical (unpaired) electrons. The summed E-state index contributed by atoms with van der Waals surface area (Å²) in [7, 11) is 0. The molecule has 0 fully saturated rings. The van der Waals surface area contributed by atoms with Gasteiger partial charge in [0.1, 0.15) is 0 Å². The summed E-state index contributed by atoms with van der Waals surface area (Å²) in [5.74, 6) is 0. The summed E-state index contributed by atoms with van der Waals surface area (Å²) in [5, 5.41) is 6.19. The molecule has 1 aromatic heterocycles. The minimum absolute atomic E-state index is 1.05. The van der Waals surface area contributed by atoms with Crippen LogP contribution >= 0.6 is 0 Å². The van der Waals surface area contributed by atoms with Gasteiger partial charge in [0, 0.05) is 17.1 Å². The van der Waals surface area contributed by atoms with Crippen molar-refractivity contribution in [1.82, 2.24) is 4.98 Å². The summed E-state index contributed by atoms with van der Waals surface area (Å²) >= 11 is 0. The molecule has 0 N–H and O–H groups in total. The van der Waals surface area contributed by atoms with E-state index in [1.165, 1.54) is 54.7 Å². The molecule has 1 nitrogen and oxygen atoms in total. The minimum atomic E-state index is 1.05. The van der Waals surface area contributed by atoms with Gasteiger partial charge in [-0.05, 0) is 51.2 Å². The monoisotopic (exact) mass is 395 g/mol. The smallest absolute Gasteiger partial charge is 0.0793 e. The Hall–Kier alpha value is -3.97. The van der Waals surface area contributed by atoms with Crippen molar-refractivity contribution >= 4 is 32.4 Å². The van der Waals surface area contributed by atoms with Crippen LogP contribution in [0, 0.1) is 6.92 Å². The number of rotatable bonds is 2. The molecule has 1 heterocycles. The highest BCUT2D eigenvalue weighted by Crippen LogP contribution is 2.44. The van der Waals surface area contributed by atoms with Crippen molar-refractivity contribution < 1.29 is 0 Å².